The molecule has 0 aliphatic carbocycles. The van der Waals surface area contributed by atoms with Crippen LogP contribution >= 0.6 is 0 Å². The van der Waals surface area contributed by atoms with Crippen molar-refractivity contribution in [2.24, 2.45) is 5.73 Å². The molecule has 1 aromatic carbocycles. The van der Waals surface area contributed by atoms with E-state index in [0.29, 0.717) is 12.1 Å². The molecule has 4 nitrogen and oxygen atoms in total. The van der Waals surface area contributed by atoms with Gasteiger partial charge in [-0.25, -0.2) is 0 Å². The maximum Gasteiger partial charge on any atom is 0.248 e. The average molecular weight is 255 g/mol. The molecule has 3 N–H and O–H groups in total. The van der Waals surface area contributed by atoms with Crippen molar-refractivity contribution in [3.8, 4) is 0 Å². The minimum atomic E-state index is -0.398. The molecule has 0 aliphatic heterocycles. The van der Waals surface area contributed by atoms with Gasteiger partial charge in [-0.3, -0.25) is 9.78 Å². The van der Waals surface area contributed by atoms with Gasteiger partial charge in [-0.15, -0.1) is 0 Å². The van der Waals surface area contributed by atoms with Gasteiger partial charge in [0.1, 0.15) is 0 Å². The summed E-state index contributed by atoms with van der Waals surface area (Å²) in [5.74, 6) is -0.398. The van der Waals surface area contributed by atoms with Crippen molar-refractivity contribution in [3.63, 3.8) is 0 Å². The summed E-state index contributed by atoms with van der Waals surface area (Å²) in [5, 5.41) is 3.33. The fourth-order valence-electron chi connectivity index (χ4n) is 1.86. The van der Waals surface area contributed by atoms with Crippen molar-refractivity contribution in [3.05, 3.63) is 65.0 Å². The molecule has 2 aromatic rings. The number of benzene rings is 1. The van der Waals surface area contributed by atoms with E-state index < -0.39 is 5.91 Å². The number of hydrogen-bond acceptors (Lipinski definition) is 3. The minimum absolute atomic E-state index is 0.398. The number of carbonyl (C=O) groups excluding carboxylic acids is 1. The molecule has 0 unspecified atom stereocenters. The lowest BCUT2D eigenvalue weighted by molar-refractivity contribution is 0.1000. The van der Waals surface area contributed by atoms with Crippen LogP contribution in [0.2, 0.25) is 0 Å². The molecule has 19 heavy (non-hydrogen) atoms. The largest absolute Gasteiger partial charge is 0.366 e. The van der Waals surface area contributed by atoms with Crippen molar-refractivity contribution in [2.75, 3.05) is 0 Å². The predicted molar refractivity (Wildman–Crippen MR) is 74.5 cm³/mol. The fourth-order valence-corrected chi connectivity index (χ4v) is 1.86. The molecule has 0 saturated heterocycles. The Kier molecular flexibility index (Phi) is 4.26. The Hall–Kier alpha value is -2.20. The van der Waals surface area contributed by atoms with Crippen LogP contribution in [-0.2, 0) is 13.1 Å². The van der Waals surface area contributed by atoms with Gasteiger partial charge in [-0.1, -0.05) is 12.1 Å². The van der Waals surface area contributed by atoms with E-state index in [9.17, 15) is 4.79 Å². The van der Waals surface area contributed by atoms with Crippen LogP contribution in [0.3, 0.4) is 0 Å². The van der Waals surface area contributed by atoms with Crippen LogP contribution < -0.4 is 11.1 Å². The Morgan fingerprint density at radius 1 is 1.32 bits per heavy atom. The molecule has 98 valence electrons. The Balaban J connectivity index is 1.94. The molecule has 0 fully saturated rings. The van der Waals surface area contributed by atoms with Crippen LogP contribution in [0.4, 0.5) is 0 Å². The maximum absolute atomic E-state index is 11.1. The van der Waals surface area contributed by atoms with Crippen molar-refractivity contribution in [1.82, 2.24) is 10.3 Å². The van der Waals surface area contributed by atoms with E-state index in [1.165, 1.54) is 11.1 Å². The molecule has 4 heteroatoms. The third kappa shape index (κ3) is 3.63. The lowest BCUT2D eigenvalue weighted by atomic mass is 10.1. The molecular formula is C15H17N3O. The summed E-state index contributed by atoms with van der Waals surface area (Å²) < 4.78 is 0. The number of hydrogen-bond donors (Lipinski definition) is 2. The number of rotatable bonds is 5. The van der Waals surface area contributed by atoms with Gasteiger partial charge in [0.15, 0.2) is 0 Å². The Morgan fingerprint density at radius 3 is 2.89 bits per heavy atom. The van der Waals surface area contributed by atoms with Gasteiger partial charge in [0.25, 0.3) is 0 Å². The summed E-state index contributed by atoms with van der Waals surface area (Å²) in [6, 6.07) is 9.33. The van der Waals surface area contributed by atoms with Crippen LogP contribution in [0.5, 0.6) is 0 Å². The molecule has 0 spiro atoms. The highest BCUT2D eigenvalue weighted by Crippen LogP contribution is 2.07. The lowest BCUT2D eigenvalue weighted by Gasteiger charge is -2.08. The van der Waals surface area contributed by atoms with Gasteiger partial charge in [0.2, 0.25) is 5.91 Å². The monoisotopic (exact) mass is 255 g/mol. The van der Waals surface area contributed by atoms with Gasteiger partial charge >= 0.3 is 0 Å². The standard InChI is InChI=1S/C15H17N3O/c1-11-5-6-17-9-14(11)10-18-8-12-3-2-4-13(7-12)15(16)19/h2-7,9,18H,8,10H2,1H3,(H2,16,19). The smallest absolute Gasteiger partial charge is 0.248 e. The summed E-state index contributed by atoms with van der Waals surface area (Å²) in [7, 11) is 0. The summed E-state index contributed by atoms with van der Waals surface area (Å²) in [6.45, 7) is 3.50. The van der Waals surface area contributed by atoms with E-state index in [4.69, 9.17) is 5.73 Å². The van der Waals surface area contributed by atoms with Crippen LogP contribution in [0.15, 0.2) is 42.7 Å². The molecule has 0 atom stereocenters. The Labute approximate surface area is 112 Å². The first-order chi connectivity index (χ1) is 9.16. The molecule has 1 aromatic heterocycles. The minimum Gasteiger partial charge on any atom is -0.366 e. The first kappa shape index (κ1) is 13.2. The highest BCUT2D eigenvalue weighted by Gasteiger charge is 2.02. The molecule has 2 rings (SSSR count). The highest BCUT2D eigenvalue weighted by atomic mass is 16.1. The molecule has 0 saturated carbocycles. The first-order valence-electron chi connectivity index (χ1n) is 6.16. The summed E-state index contributed by atoms with van der Waals surface area (Å²) in [6.07, 6.45) is 3.65. The maximum atomic E-state index is 11.1. The molecular weight excluding hydrogens is 238 g/mol. The number of pyridine rings is 1. The number of nitrogens with two attached hydrogens (primary N) is 1. The number of carbonyl (C=O) groups is 1. The highest BCUT2D eigenvalue weighted by molar-refractivity contribution is 5.92. The van der Waals surface area contributed by atoms with E-state index >= 15 is 0 Å². The number of nitrogens with one attached hydrogen (secondary N) is 1. The quantitative estimate of drug-likeness (QED) is 0.855. The van der Waals surface area contributed by atoms with Gasteiger partial charge in [0.05, 0.1) is 0 Å². The van der Waals surface area contributed by atoms with Crippen LogP contribution in [-0.4, -0.2) is 10.9 Å². The zero-order chi connectivity index (χ0) is 13.7. The zero-order valence-corrected chi connectivity index (χ0v) is 10.9. The third-order valence-corrected chi connectivity index (χ3v) is 3.00. The van der Waals surface area contributed by atoms with Gasteiger partial charge < -0.3 is 11.1 Å². The number of nitrogens with zero attached hydrogens (tertiary/aromatic N) is 1. The van der Waals surface area contributed by atoms with E-state index in [-0.39, 0.29) is 0 Å². The first-order valence-corrected chi connectivity index (χ1v) is 6.16. The van der Waals surface area contributed by atoms with Gasteiger partial charge in [-0.05, 0) is 41.8 Å². The van der Waals surface area contributed by atoms with E-state index in [1.54, 1.807) is 12.3 Å². The van der Waals surface area contributed by atoms with Crippen molar-refractivity contribution in [1.29, 1.82) is 0 Å². The van der Waals surface area contributed by atoms with Crippen LogP contribution in [0.1, 0.15) is 27.0 Å². The Bertz CT molecular complexity index is 581. The molecule has 0 bridgehead atoms. The second-order valence-corrected chi connectivity index (χ2v) is 4.47. The normalized spacial score (nSPS) is 10.4. The van der Waals surface area contributed by atoms with E-state index in [1.807, 2.05) is 30.5 Å². The van der Waals surface area contributed by atoms with Crippen molar-refractivity contribution in [2.45, 2.75) is 20.0 Å². The average Bonchev–Trinajstić information content (AvgIpc) is 2.41. The van der Waals surface area contributed by atoms with Gasteiger partial charge in [-0.2, -0.15) is 0 Å². The molecule has 1 heterocycles. The zero-order valence-electron chi connectivity index (χ0n) is 10.9. The number of primary amides is 1. The molecule has 0 radical (unpaired) electrons. The number of amides is 1. The number of aromatic nitrogens is 1. The second-order valence-electron chi connectivity index (χ2n) is 4.47. The predicted octanol–water partition coefficient (Wildman–Crippen LogP) is 1.78. The summed E-state index contributed by atoms with van der Waals surface area (Å²) in [4.78, 5) is 15.2. The van der Waals surface area contributed by atoms with Crippen molar-refractivity contribution < 1.29 is 4.79 Å². The summed E-state index contributed by atoms with van der Waals surface area (Å²) >= 11 is 0. The van der Waals surface area contributed by atoms with Crippen LogP contribution in [0.25, 0.3) is 0 Å². The summed E-state index contributed by atoms with van der Waals surface area (Å²) in [5.41, 5.74) is 9.22. The van der Waals surface area contributed by atoms with E-state index in [2.05, 4.69) is 17.2 Å². The fraction of sp³-hybridized carbons (Fsp3) is 0.200. The molecule has 0 aliphatic rings. The van der Waals surface area contributed by atoms with E-state index in [0.717, 1.165) is 12.1 Å². The topological polar surface area (TPSA) is 68.0 Å². The third-order valence-electron chi connectivity index (χ3n) is 3.00. The SMILES string of the molecule is Cc1ccncc1CNCc1cccc(C(N)=O)c1. The second kappa shape index (κ2) is 6.11. The Morgan fingerprint density at radius 2 is 2.16 bits per heavy atom. The van der Waals surface area contributed by atoms with Crippen LogP contribution in [0, 0.1) is 6.92 Å². The molecule has 1 amide bonds. The van der Waals surface area contributed by atoms with Gasteiger partial charge in [0, 0.05) is 31.0 Å². The van der Waals surface area contributed by atoms with Crippen molar-refractivity contribution >= 4 is 5.91 Å². The lowest BCUT2D eigenvalue weighted by Crippen LogP contribution is -2.15. The number of aryl methyl sites for hydroxylation is 1.